The van der Waals surface area contributed by atoms with E-state index in [9.17, 15) is 14.4 Å². The molecule has 144 valence electrons. The first-order valence-corrected chi connectivity index (χ1v) is 8.60. The summed E-state index contributed by atoms with van der Waals surface area (Å²) in [5.41, 5.74) is 1.20. The summed E-state index contributed by atoms with van der Waals surface area (Å²) in [5.74, 6) is -1.44. The number of oxazole rings is 1. The molecule has 27 heavy (non-hydrogen) atoms. The maximum absolute atomic E-state index is 12.3. The van der Waals surface area contributed by atoms with E-state index in [4.69, 9.17) is 13.9 Å². The van der Waals surface area contributed by atoms with E-state index >= 15 is 0 Å². The van der Waals surface area contributed by atoms with Gasteiger partial charge in [-0.2, -0.15) is 0 Å². The van der Waals surface area contributed by atoms with E-state index in [0.29, 0.717) is 17.3 Å². The van der Waals surface area contributed by atoms with E-state index in [2.05, 4.69) is 10.3 Å². The number of amides is 1. The molecule has 8 heteroatoms. The van der Waals surface area contributed by atoms with E-state index in [0.717, 1.165) is 5.56 Å². The van der Waals surface area contributed by atoms with Crippen molar-refractivity contribution in [2.24, 2.45) is 0 Å². The highest BCUT2D eigenvalue weighted by Gasteiger charge is 2.31. The standard InChI is InChI=1S/C19H22N2O6/c1-4-25-18(23)16(19(24)26-5-2)21-15(22)11-14-12(3)27-17(20-14)13-9-7-6-8-10-13/h6-10,16H,4-5,11H2,1-3H3,(H,21,22). The predicted octanol–water partition coefficient (Wildman–Crippen LogP) is 1.80. The highest BCUT2D eigenvalue weighted by Crippen LogP contribution is 2.21. The third-order valence-electron chi connectivity index (χ3n) is 3.59. The first kappa shape index (κ1) is 20.2. The van der Waals surface area contributed by atoms with Crippen molar-refractivity contribution in [2.75, 3.05) is 13.2 Å². The molecule has 1 N–H and O–H groups in total. The van der Waals surface area contributed by atoms with Gasteiger partial charge in [0.1, 0.15) is 5.76 Å². The van der Waals surface area contributed by atoms with Crippen LogP contribution in [0.1, 0.15) is 25.3 Å². The summed E-state index contributed by atoms with van der Waals surface area (Å²) in [6, 6.07) is 7.74. The zero-order valence-electron chi connectivity index (χ0n) is 15.5. The van der Waals surface area contributed by atoms with Gasteiger partial charge in [-0.15, -0.1) is 0 Å². The topological polar surface area (TPSA) is 108 Å². The summed E-state index contributed by atoms with van der Waals surface area (Å²) in [7, 11) is 0. The molecule has 2 aromatic rings. The van der Waals surface area contributed by atoms with Crippen LogP contribution in [0.25, 0.3) is 11.5 Å². The minimum absolute atomic E-state index is 0.0768. The molecule has 0 bridgehead atoms. The number of ether oxygens (including phenoxy) is 2. The van der Waals surface area contributed by atoms with Crippen LogP contribution in [0.15, 0.2) is 34.7 Å². The Labute approximate surface area is 156 Å². The number of carbonyl (C=O) groups is 3. The van der Waals surface area contributed by atoms with E-state index in [-0.39, 0.29) is 19.6 Å². The van der Waals surface area contributed by atoms with Gasteiger partial charge in [-0.1, -0.05) is 18.2 Å². The minimum Gasteiger partial charge on any atom is -0.464 e. The van der Waals surface area contributed by atoms with Gasteiger partial charge in [0, 0.05) is 5.56 Å². The first-order valence-electron chi connectivity index (χ1n) is 8.60. The van der Waals surface area contributed by atoms with Crippen LogP contribution < -0.4 is 5.32 Å². The van der Waals surface area contributed by atoms with Gasteiger partial charge in [-0.3, -0.25) is 4.79 Å². The molecule has 2 rings (SSSR count). The molecule has 0 radical (unpaired) electrons. The van der Waals surface area contributed by atoms with Gasteiger partial charge in [0.2, 0.25) is 17.8 Å². The average molecular weight is 374 g/mol. The minimum atomic E-state index is -1.52. The number of benzene rings is 1. The lowest BCUT2D eigenvalue weighted by Gasteiger charge is -2.15. The number of aryl methyl sites for hydroxylation is 1. The molecule has 0 saturated heterocycles. The number of esters is 2. The maximum atomic E-state index is 12.3. The van der Waals surface area contributed by atoms with Crippen LogP contribution in [-0.4, -0.2) is 42.1 Å². The SMILES string of the molecule is CCOC(=O)C(NC(=O)Cc1nc(-c2ccccc2)oc1C)C(=O)OCC. The van der Waals surface area contributed by atoms with Crippen molar-refractivity contribution in [1.29, 1.82) is 0 Å². The number of nitrogens with zero attached hydrogens (tertiary/aromatic N) is 1. The number of hydrogen-bond acceptors (Lipinski definition) is 7. The molecule has 1 aromatic carbocycles. The second-order valence-electron chi connectivity index (χ2n) is 5.57. The van der Waals surface area contributed by atoms with Gasteiger partial charge in [-0.05, 0) is 32.9 Å². The molecule has 1 aromatic heterocycles. The van der Waals surface area contributed by atoms with Gasteiger partial charge in [-0.25, -0.2) is 14.6 Å². The third kappa shape index (κ3) is 5.40. The molecule has 0 atom stereocenters. The predicted molar refractivity (Wildman–Crippen MR) is 95.6 cm³/mol. The quantitative estimate of drug-likeness (QED) is 0.554. The summed E-state index contributed by atoms with van der Waals surface area (Å²) in [4.78, 5) is 40.5. The highest BCUT2D eigenvalue weighted by atomic mass is 16.6. The molecule has 0 aliphatic carbocycles. The summed E-state index contributed by atoms with van der Waals surface area (Å²) >= 11 is 0. The van der Waals surface area contributed by atoms with E-state index in [1.165, 1.54) is 0 Å². The van der Waals surface area contributed by atoms with Crippen molar-refractivity contribution in [3.8, 4) is 11.5 Å². The Kier molecular flexibility index (Phi) is 7.10. The Morgan fingerprint density at radius 1 is 1.07 bits per heavy atom. The fourth-order valence-corrected chi connectivity index (χ4v) is 2.33. The van der Waals surface area contributed by atoms with Crippen molar-refractivity contribution in [2.45, 2.75) is 33.2 Å². The fourth-order valence-electron chi connectivity index (χ4n) is 2.33. The largest absolute Gasteiger partial charge is 0.464 e. The summed E-state index contributed by atoms with van der Waals surface area (Å²) in [5, 5.41) is 2.34. The van der Waals surface area contributed by atoms with Gasteiger partial charge in [0.15, 0.2) is 0 Å². The molecule has 1 heterocycles. The zero-order valence-corrected chi connectivity index (χ0v) is 15.5. The lowest BCUT2D eigenvalue weighted by atomic mass is 10.2. The van der Waals surface area contributed by atoms with Crippen molar-refractivity contribution < 1.29 is 28.3 Å². The van der Waals surface area contributed by atoms with Crippen LogP contribution in [0.3, 0.4) is 0 Å². The van der Waals surface area contributed by atoms with Crippen molar-refractivity contribution in [3.05, 3.63) is 41.8 Å². The molecule has 1 amide bonds. The van der Waals surface area contributed by atoms with Crippen LogP contribution in [0.2, 0.25) is 0 Å². The van der Waals surface area contributed by atoms with Crippen molar-refractivity contribution in [3.63, 3.8) is 0 Å². The molecule has 0 aliphatic heterocycles. The normalized spacial score (nSPS) is 10.5. The highest BCUT2D eigenvalue weighted by molar-refractivity contribution is 6.02. The Balaban J connectivity index is 2.10. The molecule has 0 unspecified atom stereocenters. The van der Waals surface area contributed by atoms with E-state index < -0.39 is 23.9 Å². The van der Waals surface area contributed by atoms with Crippen molar-refractivity contribution in [1.82, 2.24) is 10.3 Å². The molecule has 0 fully saturated rings. The van der Waals surface area contributed by atoms with Gasteiger partial charge in [0.25, 0.3) is 0 Å². The second kappa shape index (κ2) is 9.51. The number of aromatic nitrogens is 1. The Bertz CT molecular complexity index is 782. The van der Waals surface area contributed by atoms with Gasteiger partial charge in [0.05, 0.1) is 25.3 Å². The first-order chi connectivity index (χ1) is 13.0. The van der Waals surface area contributed by atoms with Gasteiger partial charge < -0.3 is 19.2 Å². The van der Waals surface area contributed by atoms with Crippen LogP contribution >= 0.6 is 0 Å². The number of rotatable bonds is 8. The molecule has 0 saturated carbocycles. The zero-order chi connectivity index (χ0) is 19.8. The van der Waals surface area contributed by atoms with Crippen LogP contribution in [-0.2, 0) is 30.3 Å². The molecular weight excluding hydrogens is 352 g/mol. The number of hydrogen-bond donors (Lipinski definition) is 1. The summed E-state index contributed by atoms with van der Waals surface area (Å²) in [6.45, 7) is 5.05. The Morgan fingerprint density at radius 2 is 1.67 bits per heavy atom. The smallest absolute Gasteiger partial charge is 0.340 e. The second-order valence-corrected chi connectivity index (χ2v) is 5.57. The Hall–Kier alpha value is -3.16. The fraction of sp³-hybridized carbons (Fsp3) is 0.368. The van der Waals surface area contributed by atoms with Gasteiger partial charge >= 0.3 is 11.9 Å². The lowest BCUT2D eigenvalue weighted by molar-refractivity contribution is -0.159. The maximum Gasteiger partial charge on any atom is 0.340 e. The summed E-state index contributed by atoms with van der Waals surface area (Å²) in [6.07, 6.45) is -0.155. The molecule has 8 nitrogen and oxygen atoms in total. The van der Waals surface area contributed by atoms with E-state index in [1.54, 1.807) is 20.8 Å². The number of nitrogens with one attached hydrogen (secondary N) is 1. The van der Waals surface area contributed by atoms with E-state index in [1.807, 2.05) is 30.3 Å². The van der Waals surface area contributed by atoms with Crippen LogP contribution in [0.4, 0.5) is 0 Å². The Morgan fingerprint density at radius 3 is 2.22 bits per heavy atom. The van der Waals surface area contributed by atoms with Crippen LogP contribution in [0.5, 0.6) is 0 Å². The summed E-state index contributed by atoms with van der Waals surface area (Å²) < 4.78 is 15.2. The third-order valence-corrected chi connectivity index (χ3v) is 3.59. The monoisotopic (exact) mass is 374 g/mol. The average Bonchev–Trinajstić information content (AvgIpc) is 3.01. The molecule has 0 aliphatic rings. The van der Waals surface area contributed by atoms with Crippen LogP contribution in [0, 0.1) is 6.92 Å². The molecular formula is C19H22N2O6. The number of carbonyl (C=O) groups excluding carboxylic acids is 3. The lowest BCUT2D eigenvalue weighted by Crippen LogP contribution is -2.48. The van der Waals surface area contributed by atoms with Crippen molar-refractivity contribution >= 4 is 17.8 Å². The molecule has 0 spiro atoms.